The van der Waals surface area contributed by atoms with Gasteiger partial charge in [-0.25, -0.2) is 0 Å². The van der Waals surface area contributed by atoms with Crippen LogP contribution in [0.25, 0.3) is 0 Å². The van der Waals surface area contributed by atoms with Crippen LogP contribution in [-0.4, -0.2) is 30.7 Å². The zero-order valence-electron chi connectivity index (χ0n) is 12.2. The van der Waals surface area contributed by atoms with Crippen molar-refractivity contribution in [3.8, 4) is 0 Å². The lowest BCUT2D eigenvalue weighted by molar-refractivity contribution is 0.548. The van der Waals surface area contributed by atoms with E-state index in [4.69, 9.17) is 0 Å². The van der Waals surface area contributed by atoms with E-state index in [-0.39, 0.29) is 24.0 Å². The average Bonchev–Trinajstić information content (AvgIpc) is 2.85. The van der Waals surface area contributed by atoms with Crippen LogP contribution in [0.4, 0.5) is 0 Å². The standard InChI is InChI=1S/C14H26N4.HI/c1-13(2)7-6-8-16-14(15-3)17-9-12-18-10-4-5-11-18;/h4-5,10-11,13H,6-9,12H2,1-3H3,(H2,15,16,17);1H. The molecule has 0 bridgehead atoms. The summed E-state index contributed by atoms with van der Waals surface area (Å²) in [5.74, 6) is 1.67. The molecule has 0 atom stereocenters. The van der Waals surface area contributed by atoms with Crippen molar-refractivity contribution in [1.82, 2.24) is 15.2 Å². The fraction of sp³-hybridized carbons (Fsp3) is 0.643. The fourth-order valence-electron chi connectivity index (χ4n) is 1.76. The normalized spacial score (nSPS) is 11.3. The Morgan fingerprint density at radius 3 is 2.37 bits per heavy atom. The monoisotopic (exact) mass is 378 g/mol. The summed E-state index contributed by atoms with van der Waals surface area (Å²) in [5, 5.41) is 6.65. The molecule has 1 aromatic heterocycles. The van der Waals surface area contributed by atoms with Gasteiger partial charge in [0.2, 0.25) is 0 Å². The molecule has 0 fully saturated rings. The van der Waals surface area contributed by atoms with E-state index in [1.54, 1.807) is 0 Å². The van der Waals surface area contributed by atoms with Crippen molar-refractivity contribution >= 4 is 29.9 Å². The minimum atomic E-state index is 0. The molecule has 1 rings (SSSR count). The number of halogens is 1. The summed E-state index contributed by atoms with van der Waals surface area (Å²) < 4.78 is 2.15. The SMILES string of the molecule is CN=C(NCCCC(C)C)NCCn1cccc1.I. The number of rotatable bonds is 7. The molecular weight excluding hydrogens is 351 g/mol. The molecule has 19 heavy (non-hydrogen) atoms. The summed E-state index contributed by atoms with van der Waals surface area (Å²) >= 11 is 0. The number of hydrogen-bond donors (Lipinski definition) is 2. The molecule has 1 aromatic rings. The molecule has 0 saturated heterocycles. The highest BCUT2D eigenvalue weighted by Crippen LogP contribution is 2.01. The highest BCUT2D eigenvalue weighted by atomic mass is 127. The van der Waals surface area contributed by atoms with Crippen LogP contribution in [0.2, 0.25) is 0 Å². The predicted molar refractivity (Wildman–Crippen MR) is 93.3 cm³/mol. The molecule has 0 unspecified atom stereocenters. The van der Waals surface area contributed by atoms with Crippen LogP contribution in [0.5, 0.6) is 0 Å². The Bertz CT molecular complexity index is 333. The zero-order chi connectivity index (χ0) is 13.2. The molecule has 1 heterocycles. The van der Waals surface area contributed by atoms with E-state index in [9.17, 15) is 0 Å². The van der Waals surface area contributed by atoms with Crippen molar-refractivity contribution in [3.05, 3.63) is 24.5 Å². The van der Waals surface area contributed by atoms with Crippen LogP contribution in [0.1, 0.15) is 26.7 Å². The molecule has 2 N–H and O–H groups in total. The number of aliphatic imine (C=N–C) groups is 1. The first-order valence-electron chi connectivity index (χ1n) is 6.77. The fourth-order valence-corrected chi connectivity index (χ4v) is 1.76. The Labute approximate surface area is 134 Å². The molecule has 0 amide bonds. The molecule has 0 aliphatic carbocycles. The van der Waals surface area contributed by atoms with Crippen molar-refractivity contribution in [2.24, 2.45) is 10.9 Å². The van der Waals surface area contributed by atoms with Gasteiger partial charge < -0.3 is 15.2 Å². The van der Waals surface area contributed by atoms with Crippen LogP contribution in [0.3, 0.4) is 0 Å². The summed E-state index contributed by atoms with van der Waals surface area (Å²) in [4.78, 5) is 4.21. The van der Waals surface area contributed by atoms with E-state index in [0.717, 1.165) is 31.5 Å². The van der Waals surface area contributed by atoms with Gasteiger partial charge in [-0.3, -0.25) is 4.99 Å². The van der Waals surface area contributed by atoms with Gasteiger partial charge in [0.1, 0.15) is 0 Å². The van der Waals surface area contributed by atoms with Crippen LogP contribution in [0.15, 0.2) is 29.5 Å². The maximum Gasteiger partial charge on any atom is 0.191 e. The van der Waals surface area contributed by atoms with Gasteiger partial charge in [0.25, 0.3) is 0 Å². The molecule has 0 aliphatic heterocycles. The second-order valence-corrected chi connectivity index (χ2v) is 4.88. The second-order valence-electron chi connectivity index (χ2n) is 4.88. The zero-order valence-corrected chi connectivity index (χ0v) is 14.6. The Morgan fingerprint density at radius 2 is 1.79 bits per heavy atom. The molecule has 0 saturated carbocycles. The average molecular weight is 378 g/mol. The summed E-state index contributed by atoms with van der Waals surface area (Å²) in [6.07, 6.45) is 6.59. The van der Waals surface area contributed by atoms with Crippen LogP contribution >= 0.6 is 24.0 Å². The van der Waals surface area contributed by atoms with Crippen molar-refractivity contribution in [3.63, 3.8) is 0 Å². The van der Waals surface area contributed by atoms with Gasteiger partial charge in [-0.2, -0.15) is 0 Å². The number of hydrogen-bond acceptors (Lipinski definition) is 1. The predicted octanol–water partition coefficient (Wildman–Crippen LogP) is 2.71. The summed E-state index contributed by atoms with van der Waals surface area (Å²) in [7, 11) is 1.81. The minimum absolute atomic E-state index is 0. The lowest BCUT2D eigenvalue weighted by atomic mass is 10.1. The molecule has 5 heteroatoms. The maximum absolute atomic E-state index is 4.21. The first kappa shape index (κ1) is 18.3. The van der Waals surface area contributed by atoms with E-state index in [1.165, 1.54) is 12.8 Å². The first-order chi connectivity index (χ1) is 8.72. The summed E-state index contributed by atoms with van der Waals surface area (Å²) in [5.41, 5.74) is 0. The van der Waals surface area contributed by atoms with Gasteiger partial charge in [0.15, 0.2) is 5.96 Å². The highest BCUT2D eigenvalue weighted by Gasteiger charge is 1.98. The van der Waals surface area contributed by atoms with Gasteiger partial charge >= 0.3 is 0 Å². The van der Waals surface area contributed by atoms with Gasteiger partial charge in [-0.05, 0) is 30.9 Å². The number of aromatic nitrogens is 1. The van der Waals surface area contributed by atoms with E-state index in [2.05, 4.69) is 46.4 Å². The minimum Gasteiger partial charge on any atom is -0.356 e. The molecule has 110 valence electrons. The van der Waals surface area contributed by atoms with Crippen LogP contribution < -0.4 is 10.6 Å². The van der Waals surface area contributed by atoms with Crippen LogP contribution in [-0.2, 0) is 6.54 Å². The molecule has 0 aliphatic rings. The maximum atomic E-state index is 4.21. The smallest absolute Gasteiger partial charge is 0.191 e. The lowest BCUT2D eigenvalue weighted by Crippen LogP contribution is -2.39. The van der Waals surface area contributed by atoms with Crippen molar-refractivity contribution < 1.29 is 0 Å². The quantitative estimate of drug-likeness (QED) is 0.332. The molecule has 0 radical (unpaired) electrons. The van der Waals surface area contributed by atoms with Crippen molar-refractivity contribution in [2.75, 3.05) is 20.1 Å². The molecule has 4 nitrogen and oxygen atoms in total. The largest absolute Gasteiger partial charge is 0.356 e. The number of nitrogens with one attached hydrogen (secondary N) is 2. The van der Waals surface area contributed by atoms with Crippen molar-refractivity contribution in [1.29, 1.82) is 0 Å². The van der Waals surface area contributed by atoms with E-state index in [0.29, 0.717) is 0 Å². The summed E-state index contributed by atoms with van der Waals surface area (Å²) in [6, 6.07) is 4.08. The Balaban J connectivity index is 0.00000324. The van der Waals surface area contributed by atoms with Gasteiger partial charge in [0, 0.05) is 39.1 Å². The topological polar surface area (TPSA) is 41.4 Å². The third-order valence-corrected chi connectivity index (χ3v) is 2.80. The molecule has 0 spiro atoms. The van der Waals surface area contributed by atoms with E-state index in [1.807, 2.05) is 19.2 Å². The lowest BCUT2D eigenvalue weighted by Gasteiger charge is -2.12. The van der Waals surface area contributed by atoms with E-state index >= 15 is 0 Å². The first-order valence-corrected chi connectivity index (χ1v) is 6.77. The van der Waals surface area contributed by atoms with Crippen molar-refractivity contribution in [2.45, 2.75) is 33.2 Å². The summed E-state index contributed by atoms with van der Waals surface area (Å²) in [6.45, 7) is 7.34. The Kier molecular flexibility index (Phi) is 10.7. The Morgan fingerprint density at radius 1 is 1.16 bits per heavy atom. The third kappa shape index (κ3) is 8.91. The van der Waals surface area contributed by atoms with Crippen LogP contribution in [0, 0.1) is 5.92 Å². The molecular formula is C14H27IN4. The van der Waals surface area contributed by atoms with Gasteiger partial charge in [0.05, 0.1) is 0 Å². The number of guanidine groups is 1. The van der Waals surface area contributed by atoms with E-state index < -0.39 is 0 Å². The second kappa shape index (κ2) is 11.1. The molecule has 0 aromatic carbocycles. The third-order valence-electron chi connectivity index (χ3n) is 2.80. The highest BCUT2D eigenvalue weighted by molar-refractivity contribution is 14.0. The van der Waals surface area contributed by atoms with Gasteiger partial charge in [-0.1, -0.05) is 13.8 Å². The number of nitrogens with zero attached hydrogens (tertiary/aromatic N) is 2. The Hall–Kier alpha value is -0.720. The van der Waals surface area contributed by atoms with Gasteiger partial charge in [-0.15, -0.1) is 24.0 Å².